The van der Waals surface area contributed by atoms with Crippen molar-refractivity contribution in [3.05, 3.63) is 35.6 Å². The van der Waals surface area contributed by atoms with Gasteiger partial charge in [0.25, 0.3) is 0 Å². The summed E-state index contributed by atoms with van der Waals surface area (Å²) in [7, 11) is 1.79. The van der Waals surface area contributed by atoms with Crippen molar-refractivity contribution in [2.24, 2.45) is 17.8 Å². The Hall–Kier alpha value is -1.62. The fourth-order valence-electron chi connectivity index (χ4n) is 6.77. The highest BCUT2D eigenvalue weighted by Gasteiger charge is 2.59. The number of benzene rings is 1. The van der Waals surface area contributed by atoms with Crippen LogP contribution in [0.25, 0.3) is 0 Å². The first-order valence-electron chi connectivity index (χ1n) is 9.83. The topological polar surface area (TPSA) is 43.8 Å². The number of likely N-dealkylation sites (N-methyl/N-ethyl adjacent to an activating group) is 1. The molecule has 2 amide bonds. The van der Waals surface area contributed by atoms with Gasteiger partial charge in [0.1, 0.15) is 5.82 Å². The summed E-state index contributed by atoms with van der Waals surface area (Å²) in [5, 5.41) is 10.8. The Morgan fingerprint density at radius 2 is 1.81 bits per heavy atom. The molecule has 5 aliphatic rings. The molecule has 6 rings (SSSR count). The van der Waals surface area contributed by atoms with E-state index in [9.17, 15) is 14.3 Å². The highest BCUT2D eigenvalue weighted by molar-refractivity contribution is 5.79. The van der Waals surface area contributed by atoms with Crippen LogP contribution in [0.15, 0.2) is 24.3 Å². The highest BCUT2D eigenvalue weighted by Crippen LogP contribution is 2.58. The summed E-state index contributed by atoms with van der Waals surface area (Å²) in [4.78, 5) is 16.9. The smallest absolute Gasteiger partial charge is 0.320 e. The number of hydrogen-bond acceptors (Lipinski definition) is 2. The maximum atomic E-state index is 14.5. The molecule has 5 fully saturated rings. The van der Waals surface area contributed by atoms with Crippen LogP contribution in [0.5, 0.6) is 0 Å². The number of rotatable bonds is 2. The number of carbonyl (C=O) groups is 1. The average molecular weight is 358 g/mol. The molecule has 3 unspecified atom stereocenters. The Kier molecular flexibility index (Phi) is 3.32. The second-order valence-electron chi connectivity index (χ2n) is 9.41. The van der Waals surface area contributed by atoms with Crippen molar-refractivity contribution < 1.29 is 14.3 Å². The summed E-state index contributed by atoms with van der Waals surface area (Å²) in [5.74, 6) is 1.12. The van der Waals surface area contributed by atoms with Gasteiger partial charge in [-0.3, -0.25) is 0 Å². The molecule has 0 aromatic heterocycles. The summed E-state index contributed by atoms with van der Waals surface area (Å²) >= 11 is 0. The predicted molar refractivity (Wildman–Crippen MR) is 95.9 cm³/mol. The van der Waals surface area contributed by atoms with Gasteiger partial charge in [-0.25, -0.2) is 9.18 Å². The van der Waals surface area contributed by atoms with Gasteiger partial charge in [-0.05, 0) is 62.8 Å². The first-order valence-corrected chi connectivity index (χ1v) is 9.83. The first-order chi connectivity index (χ1) is 12.3. The monoisotopic (exact) mass is 358 g/mol. The fraction of sp³-hybridized carbons (Fsp3) is 0.667. The normalized spacial score (nSPS) is 44.2. The van der Waals surface area contributed by atoms with E-state index in [1.165, 1.54) is 6.07 Å². The molecule has 1 heterocycles. The van der Waals surface area contributed by atoms with E-state index in [2.05, 4.69) is 0 Å². The number of halogens is 1. The van der Waals surface area contributed by atoms with Crippen LogP contribution in [0, 0.1) is 23.6 Å². The van der Waals surface area contributed by atoms with E-state index in [1.54, 1.807) is 24.1 Å². The van der Waals surface area contributed by atoms with Gasteiger partial charge >= 0.3 is 6.03 Å². The standard InChI is InChI=1S/C21H27FN2O2/c1-20(16-5-3-4-6-17(16)22)12-24(19(25)23(20)2)18-14-7-13-8-15(18)11-21(26,9-13)10-14/h3-6,13-15,18,26H,7-12H2,1-2H3. The minimum Gasteiger partial charge on any atom is -0.390 e. The molecule has 3 atom stereocenters. The van der Waals surface area contributed by atoms with Crippen LogP contribution in [0.1, 0.15) is 44.6 Å². The molecule has 1 aromatic carbocycles. The SMILES string of the molecule is CN1C(=O)N(C2C3CC4CC2CC(O)(C4)C3)CC1(C)c1ccccc1F. The molecule has 1 saturated heterocycles. The lowest BCUT2D eigenvalue weighted by Crippen LogP contribution is -2.62. The zero-order chi connectivity index (χ0) is 18.3. The Balaban J connectivity index is 1.48. The average Bonchev–Trinajstić information content (AvgIpc) is 2.79. The van der Waals surface area contributed by atoms with Crippen LogP contribution >= 0.6 is 0 Å². The lowest BCUT2D eigenvalue weighted by molar-refractivity contribution is -0.152. The molecular weight excluding hydrogens is 331 g/mol. The van der Waals surface area contributed by atoms with Gasteiger partial charge in [0.15, 0.2) is 0 Å². The Morgan fingerprint density at radius 3 is 2.42 bits per heavy atom. The summed E-state index contributed by atoms with van der Waals surface area (Å²) in [6, 6.07) is 6.98. The maximum absolute atomic E-state index is 14.5. The number of hydrogen-bond donors (Lipinski definition) is 1. The van der Waals surface area contributed by atoms with Crippen LogP contribution in [0.3, 0.4) is 0 Å². The van der Waals surface area contributed by atoms with Crippen LogP contribution in [0.2, 0.25) is 0 Å². The molecule has 1 aromatic rings. The van der Waals surface area contributed by atoms with Crippen LogP contribution < -0.4 is 0 Å². The van der Waals surface area contributed by atoms with E-state index in [1.807, 2.05) is 17.9 Å². The number of aliphatic hydroxyl groups is 1. The zero-order valence-corrected chi connectivity index (χ0v) is 15.5. The maximum Gasteiger partial charge on any atom is 0.320 e. The molecule has 0 spiro atoms. The van der Waals surface area contributed by atoms with Gasteiger partial charge in [-0.1, -0.05) is 18.2 Å². The Bertz CT molecular complexity index is 752. The first kappa shape index (κ1) is 16.5. The Morgan fingerprint density at radius 1 is 1.15 bits per heavy atom. The second kappa shape index (κ2) is 5.22. The van der Waals surface area contributed by atoms with Crippen LogP contribution in [-0.4, -0.2) is 46.2 Å². The van der Waals surface area contributed by atoms with E-state index in [-0.39, 0.29) is 17.9 Å². The van der Waals surface area contributed by atoms with Gasteiger partial charge in [0.05, 0.1) is 17.7 Å². The molecular formula is C21H27FN2O2. The third kappa shape index (κ3) is 2.13. The molecule has 1 N–H and O–H groups in total. The number of nitrogens with zero attached hydrogens (tertiary/aromatic N) is 2. The van der Waals surface area contributed by atoms with Crippen molar-refractivity contribution in [3.63, 3.8) is 0 Å². The summed E-state index contributed by atoms with van der Waals surface area (Å²) in [5.41, 5.74) is -0.578. The van der Waals surface area contributed by atoms with Gasteiger partial charge in [-0.2, -0.15) is 0 Å². The van der Waals surface area contributed by atoms with Crippen molar-refractivity contribution in [3.8, 4) is 0 Å². The summed E-state index contributed by atoms with van der Waals surface area (Å²) in [6.07, 6.45) is 4.80. The molecule has 4 saturated carbocycles. The van der Waals surface area contributed by atoms with Gasteiger partial charge in [0.2, 0.25) is 0 Å². The van der Waals surface area contributed by atoms with Crippen LogP contribution in [-0.2, 0) is 5.54 Å². The minimum absolute atomic E-state index is 0.000200. The Labute approximate surface area is 154 Å². The third-order valence-corrected chi connectivity index (χ3v) is 7.76. The van der Waals surface area contributed by atoms with E-state index < -0.39 is 11.1 Å². The van der Waals surface area contributed by atoms with Crippen molar-refractivity contribution >= 4 is 6.03 Å². The molecule has 4 aliphatic carbocycles. The number of carbonyl (C=O) groups excluding carboxylic acids is 1. The van der Waals surface area contributed by atoms with E-state index in [4.69, 9.17) is 0 Å². The summed E-state index contributed by atoms with van der Waals surface area (Å²) in [6.45, 7) is 2.48. The van der Waals surface area contributed by atoms with E-state index in [0.29, 0.717) is 29.9 Å². The van der Waals surface area contributed by atoms with Crippen molar-refractivity contribution in [2.45, 2.75) is 56.2 Å². The molecule has 1 aliphatic heterocycles. The third-order valence-electron chi connectivity index (χ3n) is 7.76. The largest absolute Gasteiger partial charge is 0.390 e. The number of urea groups is 1. The molecule has 5 heteroatoms. The number of amides is 2. The van der Waals surface area contributed by atoms with Crippen LogP contribution in [0.4, 0.5) is 9.18 Å². The predicted octanol–water partition coefficient (Wildman–Crippen LogP) is 3.35. The molecule has 140 valence electrons. The van der Waals surface area contributed by atoms with Crippen molar-refractivity contribution in [1.29, 1.82) is 0 Å². The quantitative estimate of drug-likeness (QED) is 0.881. The molecule has 4 nitrogen and oxygen atoms in total. The lowest BCUT2D eigenvalue weighted by Gasteiger charge is -2.59. The van der Waals surface area contributed by atoms with Gasteiger partial charge in [-0.15, -0.1) is 0 Å². The highest BCUT2D eigenvalue weighted by atomic mass is 19.1. The molecule has 0 radical (unpaired) electrons. The van der Waals surface area contributed by atoms with Crippen molar-refractivity contribution in [2.75, 3.05) is 13.6 Å². The van der Waals surface area contributed by atoms with E-state index in [0.717, 1.165) is 32.1 Å². The second-order valence-corrected chi connectivity index (χ2v) is 9.41. The fourth-order valence-corrected chi connectivity index (χ4v) is 6.77. The molecule has 26 heavy (non-hydrogen) atoms. The molecule has 4 bridgehead atoms. The minimum atomic E-state index is -0.659. The van der Waals surface area contributed by atoms with Gasteiger partial charge < -0.3 is 14.9 Å². The zero-order valence-electron chi connectivity index (χ0n) is 15.5. The van der Waals surface area contributed by atoms with Crippen molar-refractivity contribution in [1.82, 2.24) is 9.80 Å². The van der Waals surface area contributed by atoms with Gasteiger partial charge in [0, 0.05) is 18.7 Å². The van der Waals surface area contributed by atoms with E-state index >= 15 is 0 Å². The lowest BCUT2D eigenvalue weighted by atomic mass is 9.52. The summed E-state index contributed by atoms with van der Waals surface area (Å²) < 4.78 is 14.5.